The molecule has 0 spiro atoms. The van der Waals surface area contributed by atoms with Crippen LogP contribution in [0.4, 0.5) is 0 Å². The number of rotatable bonds is 5. The van der Waals surface area contributed by atoms with Gasteiger partial charge in [0.05, 0.1) is 23.8 Å². The third-order valence-corrected chi connectivity index (χ3v) is 2.44. The minimum Gasteiger partial charge on any atom is -0.377 e. The minimum absolute atomic E-state index is 0.114. The molecule has 1 aromatic heterocycles. The molecule has 0 aliphatic heterocycles. The van der Waals surface area contributed by atoms with Crippen molar-refractivity contribution in [2.45, 2.75) is 26.0 Å². The summed E-state index contributed by atoms with van der Waals surface area (Å²) in [6, 6.07) is 2.02. The highest BCUT2D eigenvalue weighted by molar-refractivity contribution is 6.31. The van der Waals surface area contributed by atoms with E-state index in [9.17, 15) is 0 Å². The van der Waals surface area contributed by atoms with Crippen molar-refractivity contribution in [1.29, 1.82) is 0 Å². The number of aromatic nitrogens is 1. The molecule has 1 heterocycles. The van der Waals surface area contributed by atoms with E-state index < -0.39 is 0 Å². The summed E-state index contributed by atoms with van der Waals surface area (Å²) in [7, 11) is 1.89. The van der Waals surface area contributed by atoms with E-state index in [1.165, 1.54) is 0 Å². The number of likely N-dealkylation sites (N-methyl/N-ethyl adjacent to an activating group) is 1. The van der Waals surface area contributed by atoms with Gasteiger partial charge in [-0.3, -0.25) is 4.98 Å². The largest absolute Gasteiger partial charge is 0.377 e. The van der Waals surface area contributed by atoms with Gasteiger partial charge in [-0.2, -0.15) is 0 Å². The fraction of sp³-hybridized carbons (Fsp3) is 0.545. The van der Waals surface area contributed by atoms with Crippen LogP contribution in [0.15, 0.2) is 18.5 Å². The topological polar surface area (TPSA) is 34.1 Å². The predicted molar refractivity (Wildman–Crippen MR) is 62.1 cm³/mol. The Bertz CT molecular complexity index is 304. The quantitative estimate of drug-likeness (QED) is 0.841. The van der Waals surface area contributed by atoms with Gasteiger partial charge in [0, 0.05) is 12.4 Å². The van der Waals surface area contributed by atoms with E-state index in [0.717, 1.165) is 5.56 Å². The molecule has 1 unspecified atom stereocenters. The van der Waals surface area contributed by atoms with E-state index in [0.29, 0.717) is 11.6 Å². The first-order chi connectivity index (χ1) is 7.15. The van der Waals surface area contributed by atoms with E-state index in [2.05, 4.69) is 10.3 Å². The van der Waals surface area contributed by atoms with Crippen molar-refractivity contribution >= 4 is 11.6 Å². The Balaban J connectivity index is 2.70. The molecule has 1 rings (SSSR count). The monoisotopic (exact) mass is 228 g/mol. The van der Waals surface area contributed by atoms with Gasteiger partial charge >= 0.3 is 0 Å². The van der Waals surface area contributed by atoms with Crippen LogP contribution in [0.3, 0.4) is 0 Å². The highest BCUT2D eigenvalue weighted by Gasteiger charge is 2.13. The highest BCUT2D eigenvalue weighted by atomic mass is 35.5. The van der Waals surface area contributed by atoms with E-state index in [-0.39, 0.29) is 12.1 Å². The summed E-state index contributed by atoms with van der Waals surface area (Å²) >= 11 is 6.06. The van der Waals surface area contributed by atoms with Crippen molar-refractivity contribution in [2.75, 3.05) is 13.7 Å². The average Bonchev–Trinajstić information content (AvgIpc) is 2.21. The number of nitrogens with zero attached hydrogens (tertiary/aromatic N) is 1. The van der Waals surface area contributed by atoms with Gasteiger partial charge in [-0.15, -0.1) is 0 Å². The maximum Gasteiger partial charge on any atom is 0.0665 e. The lowest BCUT2D eigenvalue weighted by molar-refractivity contribution is 0.0626. The van der Waals surface area contributed by atoms with Crippen LogP contribution in [0.2, 0.25) is 5.02 Å². The zero-order chi connectivity index (χ0) is 11.3. The van der Waals surface area contributed by atoms with Gasteiger partial charge in [-0.1, -0.05) is 11.6 Å². The highest BCUT2D eigenvalue weighted by Crippen LogP contribution is 2.21. The molecule has 1 atom stereocenters. The lowest BCUT2D eigenvalue weighted by Crippen LogP contribution is -2.23. The van der Waals surface area contributed by atoms with Crippen LogP contribution in [-0.4, -0.2) is 24.7 Å². The Hall–Kier alpha value is -0.640. The molecule has 0 bridgehead atoms. The maximum absolute atomic E-state index is 6.06. The lowest BCUT2D eigenvalue weighted by atomic mass is 10.1. The first-order valence-electron chi connectivity index (χ1n) is 5.03. The van der Waals surface area contributed by atoms with Crippen molar-refractivity contribution in [3.05, 3.63) is 29.0 Å². The second-order valence-electron chi connectivity index (χ2n) is 3.62. The smallest absolute Gasteiger partial charge is 0.0665 e. The van der Waals surface area contributed by atoms with Gasteiger partial charge < -0.3 is 10.1 Å². The molecular formula is C11H17ClN2O. The number of halogens is 1. The Morgan fingerprint density at radius 3 is 2.80 bits per heavy atom. The second kappa shape index (κ2) is 6.05. The van der Waals surface area contributed by atoms with E-state index in [1.807, 2.05) is 27.0 Å². The molecule has 0 fully saturated rings. The maximum atomic E-state index is 6.06. The third-order valence-electron chi connectivity index (χ3n) is 2.12. The summed E-state index contributed by atoms with van der Waals surface area (Å²) in [5.41, 5.74) is 1.02. The fourth-order valence-corrected chi connectivity index (χ4v) is 1.54. The van der Waals surface area contributed by atoms with Crippen molar-refractivity contribution in [2.24, 2.45) is 0 Å². The molecule has 1 aromatic rings. The van der Waals surface area contributed by atoms with E-state index >= 15 is 0 Å². The second-order valence-corrected chi connectivity index (χ2v) is 4.03. The molecule has 0 amide bonds. The first kappa shape index (κ1) is 12.4. The molecule has 0 aliphatic rings. The van der Waals surface area contributed by atoms with Crippen LogP contribution >= 0.6 is 11.6 Å². The molecule has 84 valence electrons. The summed E-state index contributed by atoms with van der Waals surface area (Å²) in [6.45, 7) is 4.64. The average molecular weight is 229 g/mol. The van der Waals surface area contributed by atoms with Crippen LogP contribution in [0.5, 0.6) is 0 Å². The predicted octanol–water partition coefficient (Wildman–Crippen LogP) is 2.42. The summed E-state index contributed by atoms with van der Waals surface area (Å²) < 4.78 is 5.56. The lowest BCUT2D eigenvalue weighted by Gasteiger charge is -2.19. The van der Waals surface area contributed by atoms with Crippen molar-refractivity contribution in [1.82, 2.24) is 10.3 Å². The molecule has 3 nitrogen and oxygen atoms in total. The van der Waals surface area contributed by atoms with Gasteiger partial charge in [0.15, 0.2) is 0 Å². The SMILES string of the molecule is CNC(COC(C)C)c1ccncc1Cl. The van der Waals surface area contributed by atoms with Gasteiger partial charge in [-0.05, 0) is 32.5 Å². The first-order valence-corrected chi connectivity index (χ1v) is 5.41. The molecule has 0 aromatic carbocycles. The number of hydrogen-bond acceptors (Lipinski definition) is 3. The molecular weight excluding hydrogens is 212 g/mol. The van der Waals surface area contributed by atoms with E-state index in [4.69, 9.17) is 16.3 Å². The number of pyridine rings is 1. The Kier molecular flexibility index (Phi) is 5.02. The van der Waals surface area contributed by atoms with Crippen LogP contribution in [-0.2, 0) is 4.74 Å². The van der Waals surface area contributed by atoms with Gasteiger partial charge in [0.25, 0.3) is 0 Å². The molecule has 0 aliphatic carbocycles. The Morgan fingerprint density at radius 2 is 2.27 bits per heavy atom. The summed E-state index contributed by atoms with van der Waals surface area (Å²) in [4.78, 5) is 3.96. The zero-order valence-corrected chi connectivity index (χ0v) is 10.1. The Morgan fingerprint density at radius 1 is 1.53 bits per heavy atom. The minimum atomic E-state index is 0.114. The number of nitrogens with one attached hydrogen (secondary N) is 1. The van der Waals surface area contributed by atoms with Gasteiger partial charge in [-0.25, -0.2) is 0 Å². The van der Waals surface area contributed by atoms with Crippen molar-refractivity contribution in [3.8, 4) is 0 Å². The summed E-state index contributed by atoms with van der Waals surface area (Å²) in [6.07, 6.45) is 3.61. The normalized spacial score (nSPS) is 13.1. The molecule has 0 saturated carbocycles. The zero-order valence-electron chi connectivity index (χ0n) is 9.33. The molecule has 15 heavy (non-hydrogen) atoms. The Labute approximate surface area is 95.8 Å². The third kappa shape index (κ3) is 3.78. The molecule has 1 N–H and O–H groups in total. The number of hydrogen-bond donors (Lipinski definition) is 1. The fourth-order valence-electron chi connectivity index (χ4n) is 1.29. The van der Waals surface area contributed by atoms with Crippen molar-refractivity contribution in [3.63, 3.8) is 0 Å². The molecule has 4 heteroatoms. The van der Waals surface area contributed by atoms with Crippen molar-refractivity contribution < 1.29 is 4.74 Å². The number of ether oxygens (including phenoxy) is 1. The molecule has 0 saturated heterocycles. The molecule has 0 radical (unpaired) electrons. The van der Waals surface area contributed by atoms with E-state index in [1.54, 1.807) is 12.4 Å². The van der Waals surface area contributed by atoms with Gasteiger partial charge in [0.2, 0.25) is 0 Å². The van der Waals surface area contributed by atoms with Gasteiger partial charge in [0.1, 0.15) is 0 Å². The summed E-state index contributed by atoms with van der Waals surface area (Å²) in [5.74, 6) is 0. The van der Waals surface area contributed by atoms with Crippen LogP contribution in [0, 0.1) is 0 Å². The van der Waals surface area contributed by atoms with Crippen LogP contribution < -0.4 is 5.32 Å². The summed E-state index contributed by atoms with van der Waals surface area (Å²) in [5, 5.41) is 3.85. The standard InChI is InChI=1S/C11H17ClN2O/c1-8(2)15-7-11(13-3)9-4-5-14-6-10(9)12/h4-6,8,11,13H,7H2,1-3H3. The van der Waals surface area contributed by atoms with Crippen LogP contribution in [0.25, 0.3) is 0 Å². The van der Waals surface area contributed by atoms with Crippen LogP contribution in [0.1, 0.15) is 25.5 Å².